The molecule has 1 nitrogen and oxygen atoms in total. The van der Waals surface area contributed by atoms with Crippen LogP contribution in [0.15, 0.2) is 36.1 Å². The molecule has 0 aromatic carbocycles. The highest BCUT2D eigenvalue weighted by atomic mass is 35.5. The van der Waals surface area contributed by atoms with Gasteiger partial charge in [0.2, 0.25) is 0 Å². The van der Waals surface area contributed by atoms with E-state index in [1.807, 2.05) is 0 Å². The highest BCUT2D eigenvalue weighted by Gasteiger charge is 1.93. The summed E-state index contributed by atoms with van der Waals surface area (Å²) >= 11 is 5.60. The summed E-state index contributed by atoms with van der Waals surface area (Å²) in [6.07, 6.45) is 3.19. The van der Waals surface area contributed by atoms with Gasteiger partial charge in [0, 0.05) is 0 Å². The molecule has 0 saturated heterocycles. The van der Waals surface area contributed by atoms with Crippen LogP contribution in [0.1, 0.15) is 0 Å². The smallest absolute Gasteiger partial charge is 0.130 e. The van der Waals surface area contributed by atoms with E-state index in [-0.39, 0.29) is 0 Å². The average molecular weight is 145 g/mol. The second kappa shape index (κ2) is 4.21. The monoisotopic (exact) mass is 144 g/mol. The Kier molecular flexibility index (Phi) is 3.89. The maximum absolute atomic E-state index is 5.60. The van der Waals surface area contributed by atoms with Crippen LogP contribution in [-0.4, -0.2) is 7.11 Å². The Labute approximate surface area is 60.3 Å². The minimum absolute atomic E-state index is 0.455. The van der Waals surface area contributed by atoms with Gasteiger partial charge in [0.1, 0.15) is 5.76 Å². The molecule has 0 rings (SSSR count). The molecule has 0 aromatic heterocycles. The van der Waals surface area contributed by atoms with Gasteiger partial charge >= 0.3 is 0 Å². The Morgan fingerprint density at radius 1 is 1.67 bits per heavy atom. The fourth-order valence-electron chi connectivity index (χ4n) is 0.294. The van der Waals surface area contributed by atoms with Crippen molar-refractivity contribution in [1.82, 2.24) is 0 Å². The summed E-state index contributed by atoms with van der Waals surface area (Å²) in [7, 11) is 1.52. The molecule has 0 aromatic rings. The van der Waals surface area contributed by atoms with Crippen LogP contribution in [0.5, 0.6) is 0 Å². The van der Waals surface area contributed by atoms with Crippen LogP contribution in [0.4, 0.5) is 0 Å². The summed E-state index contributed by atoms with van der Waals surface area (Å²) in [5.41, 5.74) is 0. The molecule has 0 amide bonds. The van der Waals surface area contributed by atoms with Crippen LogP contribution in [0.2, 0.25) is 0 Å². The third kappa shape index (κ3) is 2.98. The summed E-state index contributed by atoms with van der Waals surface area (Å²) in [4.78, 5) is 0. The lowest BCUT2D eigenvalue weighted by Crippen LogP contribution is -1.81. The number of rotatable bonds is 3. The Morgan fingerprint density at radius 2 is 2.22 bits per heavy atom. The van der Waals surface area contributed by atoms with Crippen molar-refractivity contribution in [2.45, 2.75) is 0 Å². The standard InChI is InChI=1S/C7H9ClO/c1-4-5-7(8)6(2)9-3/h4-5H,1-2H2,3H3/b7-5+. The van der Waals surface area contributed by atoms with E-state index < -0.39 is 0 Å². The van der Waals surface area contributed by atoms with E-state index in [1.165, 1.54) is 7.11 Å². The summed E-state index contributed by atoms with van der Waals surface area (Å²) in [6, 6.07) is 0. The molecule has 0 N–H and O–H groups in total. The van der Waals surface area contributed by atoms with Crippen LogP contribution >= 0.6 is 11.6 Å². The van der Waals surface area contributed by atoms with Crippen molar-refractivity contribution in [3.8, 4) is 0 Å². The minimum atomic E-state index is 0.455. The molecule has 0 atom stereocenters. The molecule has 0 aliphatic carbocycles. The molecular weight excluding hydrogens is 136 g/mol. The molecule has 2 heteroatoms. The van der Waals surface area contributed by atoms with Gasteiger partial charge in [-0.1, -0.05) is 30.8 Å². The Hall–Kier alpha value is -0.690. The number of allylic oxidation sites excluding steroid dienone is 3. The lowest BCUT2D eigenvalue weighted by molar-refractivity contribution is 0.306. The van der Waals surface area contributed by atoms with Crippen LogP contribution in [-0.2, 0) is 4.74 Å². The second-order valence-corrected chi connectivity index (χ2v) is 1.78. The molecule has 0 fully saturated rings. The minimum Gasteiger partial charge on any atom is -0.496 e. The Balaban J connectivity index is 4.01. The van der Waals surface area contributed by atoms with Gasteiger partial charge in [0.15, 0.2) is 0 Å². The highest BCUT2D eigenvalue weighted by Crippen LogP contribution is 2.11. The van der Waals surface area contributed by atoms with E-state index in [1.54, 1.807) is 12.2 Å². The molecule has 50 valence electrons. The Morgan fingerprint density at radius 3 is 2.56 bits per heavy atom. The maximum Gasteiger partial charge on any atom is 0.130 e. The average Bonchev–Trinajstić information content (AvgIpc) is 1.87. The second-order valence-electron chi connectivity index (χ2n) is 1.38. The van der Waals surface area contributed by atoms with Crippen LogP contribution in [0, 0.1) is 0 Å². The fourth-order valence-corrected chi connectivity index (χ4v) is 0.460. The van der Waals surface area contributed by atoms with Gasteiger partial charge in [-0.3, -0.25) is 0 Å². The van der Waals surface area contributed by atoms with Crippen molar-refractivity contribution in [1.29, 1.82) is 0 Å². The molecule has 9 heavy (non-hydrogen) atoms. The first-order chi connectivity index (χ1) is 4.22. The third-order valence-corrected chi connectivity index (χ3v) is 1.11. The van der Waals surface area contributed by atoms with Gasteiger partial charge in [-0.05, 0) is 6.08 Å². The number of hydrogen-bond donors (Lipinski definition) is 0. The number of hydrogen-bond acceptors (Lipinski definition) is 1. The largest absolute Gasteiger partial charge is 0.496 e. The Bertz CT molecular complexity index is 147. The SMILES string of the molecule is C=C/C=C(/Cl)C(=C)OC. The van der Waals surface area contributed by atoms with Gasteiger partial charge in [-0.2, -0.15) is 0 Å². The zero-order chi connectivity index (χ0) is 7.28. The summed E-state index contributed by atoms with van der Waals surface area (Å²) in [5.74, 6) is 0.455. The molecule has 0 saturated carbocycles. The summed E-state index contributed by atoms with van der Waals surface area (Å²) in [5, 5.41) is 0.479. The lowest BCUT2D eigenvalue weighted by Gasteiger charge is -1.98. The molecule has 0 unspecified atom stereocenters. The lowest BCUT2D eigenvalue weighted by atomic mass is 10.4. The zero-order valence-electron chi connectivity index (χ0n) is 5.36. The first kappa shape index (κ1) is 8.31. The predicted octanol–water partition coefficient (Wildman–Crippen LogP) is 2.46. The van der Waals surface area contributed by atoms with Crippen molar-refractivity contribution < 1.29 is 4.74 Å². The van der Waals surface area contributed by atoms with Crippen molar-refractivity contribution >= 4 is 11.6 Å². The van der Waals surface area contributed by atoms with Gasteiger partial charge in [0.25, 0.3) is 0 Å². The molecular formula is C7H9ClO. The summed E-state index contributed by atoms with van der Waals surface area (Å²) < 4.78 is 4.72. The van der Waals surface area contributed by atoms with Crippen LogP contribution in [0.25, 0.3) is 0 Å². The van der Waals surface area contributed by atoms with E-state index in [0.29, 0.717) is 10.8 Å². The van der Waals surface area contributed by atoms with Crippen LogP contribution < -0.4 is 0 Å². The molecule has 0 radical (unpaired) electrons. The topological polar surface area (TPSA) is 9.23 Å². The van der Waals surface area contributed by atoms with Gasteiger partial charge in [0.05, 0.1) is 12.1 Å². The van der Waals surface area contributed by atoms with E-state index >= 15 is 0 Å². The van der Waals surface area contributed by atoms with E-state index in [4.69, 9.17) is 16.3 Å². The third-order valence-electron chi connectivity index (χ3n) is 0.777. The predicted molar refractivity (Wildman–Crippen MR) is 40.3 cm³/mol. The normalized spacial score (nSPS) is 10.7. The molecule has 0 heterocycles. The zero-order valence-corrected chi connectivity index (χ0v) is 6.11. The van der Waals surface area contributed by atoms with Crippen molar-refractivity contribution in [2.24, 2.45) is 0 Å². The van der Waals surface area contributed by atoms with Crippen molar-refractivity contribution in [2.75, 3.05) is 7.11 Å². The van der Waals surface area contributed by atoms with Gasteiger partial charge in [-0.25, -0.2) is 0 Å². The first-order valence-corrected chi connectivity index (χ1v) is 2.81. The van der Waals surface area contributed by atoms with Crippen molar-refractivity contribution in [3.63, 3.8) is 0 Å². The van der Waals surface area contributed by atoms with Crippen molar-refractivity contribution in [3.05, 3.63) is 36.1 Å². The fraction of sp³-hybridized carbons (Fsp3) is 0.143. The van der Waals surface area contributed by atoms with Gasteiger partial charge < -0.3 is 4.74 Å². The molecule has 0 aliphatic heterocycles. The molecule has 0 bridgehead atoms. The first-order valence-electron chi connectivity index (χ1n) is 2.44. The number of methoxy groups -OCH3 is 1. The van der Waals surface area contributed by atoms with E-state index in [9.17, 15) is 0 Å². The maximum atomic E-state index is 5.60. The van der Waals surface area contributed by atoms with Crippen LogP contribution in [0.3, 0.4) is 0 Å². The highest BCUT2D eigenvalue weighted by molar-refractivity contribution is 6.31. The number of halogens is 1. The number of ether oxygens (including phenoxy) is 1. The van der Waals surface area contributed by atoms with Gasteiger partial charge in [-0.15, -0.1) is 0 Å². The quantitative estimate of drug-likeness (QED) is 0.437. The van der Waals surface area contributed by atoms with E-state index in [0.717, 1.165) is 0 Å². The molecule has 0 aliphatic rings. The van der Waals surface area contributed by atoms with E-state index in [2.05, 4.69) is 13.2 Å². The molecule has 0 spiro atoms. The summed E-state index contributed by atoms with van der Waals surface area (Å²) in [6.45, 7) is 6.98.